The van der Waals surface area contributed by atoms with Crippen LogP contribution in [-0.2, 0) is 68.6 Å². The molecular weight excluding hydrogens is 1210 g/mol. The number of methoxy groups -OCH3 is 2. The normalized spacial score (nSPS) is 11.2. The molecule has 0 heterocycles. The van der Waals surface area contributed by atoms with Crippen molar-refractivity contribution in [3.05, 3.63) is 286 Å². The first-order valence-corrected chi connectivity index (χ1v) is 33.0. The molecule has 17 nitrogen and oxygen atoms in total. The van der Waals surface area contributed by atoms with Gasteiger partial charge in [0.05, 0.1) is 57.8 Å². The molecule has 0 aliphatic rings. The molecule has 10 aromatic rings. The number of rotatable bonds is 23. The Kier molecular flexibility index (Phi) is 22.2. The molecule has 6 N–H and O–H groups in total. The lowest BCUT2D eigenvalue weighted by atomic mass is 10.0. The molecule has 0 amide bonds. The Morgan fingerprint density at radius 3 is 1.20 bits per heavy atom. The monoisotopic (exact) mass is 1280 g/mol. The molecule has 0 aliphatic carbocycles. The molecule has 0 atom stereocenters. The van der Waals surface area contributed by atoms with Crippen LogP contribution in [0.4, 0.5) is 17.1 Å². The lowest BCUT2D eigenvalue weighted by Crippen LogP contribution is -2.15. The summed E-state index contributed by atoms with van der Waals surface area (Å²) in [6.07, 6.45) is 3.42. The van der Waals surface area contributed by atoms with Crippen LogP contribution in [0.2, 0.25) is 0 Å². The lowest BCUT2D eigenvalue weighted by Gasteiger charge is -2.15. The Hall–Kier alpha value is -10.3. The number of carboxylic acids is 3. The van der Waals surface area contributed by atoms with Crippen LogP contribution >= 0.6 is 0 Å². The van der Waals surface area contributed by atoms with Crippen molar-refractivity contribution in [2.24, 2.45) is 0 Å². The van der Waals surface area contributed by atoms with Gasteiger partial charge in [-0.2, -0.15) is 0 Å². The molecule has 0 saturated carbocycles. The molecule has 0 fully saturated rings. The van der Waals surface area contributed by atoms with Gasteiger partial charge >= 0.3 is 17.9 Å². The summed E-state index contributed by atoms with van der Waals surface area (Å²) < 4.78 is 96.8. The van der Waals surface area contributed by atoms with E-state index in [-0.39, 0.29) is 37.1 Å². The molecule has 0 saturated heterocycles. The van der Waals surface area contributed by atoms with Crippen LogP contribution in [-0.4, -0.2) is 72.7 Å². The van der Waals surface area contributed by atoms with Crippen molar-refractivity contribution in [2.75, 3.05) is 28.4 Å². The van der Waals surface area contributed by atoms with Gasteiger partial charge < -0.3 is 24.8 Å². The van der Waals surface area contributed by atoms with Gasteiger partial charge in [-0.3, -0.25) is 14.2 Å². The third-order valence-electron chi connectivity index (χ3n) is 14.7. The van der Waals surface area contributed by atoms with Crippen LogP contribution < -0.4 is 23.6 Å². The first-order valence-electron chi connectivity index (χ1n) is 28.6. The second-order valence-corrected chi connectivity index (χ2v) is 26.0. The number of hydrogen-bond donors (Lipinski definition) is 6. The zero-order chi connectivity index (χ0) is 65.3. The van der Waals surface area contributed by atoms with Gasteiger partial charge in [-0.15, -0.1) is 0 Å². The highest BCUT2D eigenvalue weighted by Crippen LogP contribution is 2.32. The highest BCUT2D eigenvalue weighted by Gasteiger charge is 2.24. The number of aryl methyl sites for hydroxylation is 8. The highest BCUT2D eigenvalue weighted by atomic mass is 32.2. The van der Waals surface area contributed by atoms with E-state index in [4.69, 9.17) is 19.7 Å². The Morgan fingerprint density at radius 2 is 0.769 bits per heavy atom. The topological polar surface area (TPSA) is 269 Å². The van der Waals surface area contributed by atoms with Crippen molar-refractivity contribution in [2.45, 2.75) is 67.1 Å². The van der Waals surface area contributed by atoms with Crippen LogP contribution in [0.25, 0.3) is 10.8 Å². The quantitative estimate of drug-likeness (QED) is 0.0348. The molecule has 0 aromatic heterocycles. The number of fused-ring (bicyclic) bond motifs is 1. The third-order valence-corrected chi connectivity index (χ3v) is 19.0. The molecular formula is C71H67N3O14S3. The minimum Gasteiger partial charge on any atom is -0.497 e. The summed E-state index contributed by atoms with van der Waals surface area (Å²) >= 11 is 0. The van der Waals surface area contributed by atoms with Crippen molar-refractivity contribution >= 4 is 75.8 Å². The van der Waals surface area contributed by atoms with Gasteiger partial charge in [0.2, 0.25) is 0 Å². The summed E-state index contributed by atoms with van der Waals surface area (Å²) in [4.78, 5) is 34.0. The van der Waals surface area contributed by atoms with Gasteiger partial charge in [-0.05, 0) is 176 Å². The van der Waals surface area contributed by atoms with E-state index in [1.54, 1.807) is 128 Å². The van der Waals surface area contributed by atoms with E-state index in [2.05, 4.69) is 14.2 Å². The SMILES string of the molecule is COc1ccc(OC)c(S(=O)(=O)Nc2ccccc2CCc2cccc(C(=O)O)c2)c1.Cc1ccc(S(=O)(=O)Nc2ccccc2CCc2cccc(C(=O)O)c2)c(C)c1.O=C(O)c1cccc(CCc2ccccc2NS(=O)(=O)c2cccc3ccccc23)c1. The standard InChI is InChI=1S/C25H21NO4S.C23H23NO6S.C23H23NO4S/c27-25(28)21-11-5-7-18(17-21)15-16-20-9-2-4-13-23(20)26-31(29,30)24-14-6-10-19-8-1-3-12-22(19)24;1-29-19-12-13-21(30-2)22(15-19)31(27,28)24-20-9-4-3-7-17(20)11-10-16-6-5-8-18(14-16)23(25)26;1-16-10-13-22(17(2)14-16)29(27,28)24-21-9-4-3-7-19(21)12-11-18-6-5-8-20(15-18)23(25)26/h1-14,17,26H,15-16H2,(H,27,28);3-9,12-15,24H,10-11H2,1-2H3,(H,25,26);3-10,13-15,24H,11-12H2,1-2H3,(H,25,26). The average Bonchev–Trinajstić information content (AvgIpc) is 0.905. The summed E-state index contributed by atoms with van der Waals surface area (Å²) in [5.41, 5.74) is 8.99. The molecule has 91 heavy (non-hydrogen) atoms. The number of para-hydroxylation sites is 3. The van der Waals surface area contributed by atoms with Crippen molar-refractivity contribution in [3.8, 4) is 11.5 Å². The first kappa shape index (κ1) is 66.7. The molecule has 10 rings (SSSR count). The number of anilines is 3. The summed E-state index contributed by atoms with van der Waals surface area (Å²) in [5.74, 6) is -2.31. The fourth-order valence-electron chi connectivity index (χ4n) is 10.1. The van der Waals surface area contributed by atoms with Crippen molar-refractivity contribution < 1.29 is 64.4 Å². The number of nitrogens with one attached hydrogen (secondary N) is 3. The summed E-state index contributed by atoms with van der Waals surface area (Å²) in [7, 11) is -8.59. The summed E-state index contributed by atoms with van der Waals surface area (Å²) in [6.45, 7) is 3.70. The zero-order valence-corrected chi connectivity index (χ0v) is 52.6. The lowest BCUT2D eigenvalue weighted by molar-refractivity contribution is 0.0686. The number of hydrogen-bond acceptors (Lipinski definition) is 11. The molecule has 0 aliphatic heterocycles. The van der Waals surface area contributed by atoms with E-state index >= 15 is 0 Å². The molecule has 10 aromatic carbocycles. The summed E-state index contributed by atoms with van der Waals surface area (Å²) in [5, 5.41) is 29.0. The number of carboxylic acid groups (broad SMARTS) is 3. The second-order valence-electron chi connectivity index (χ2n) is 21.1. The Bertz CT molecular complexity index is 4630. The van der Waals surface area contributed by atoms with Gasteiger partial charge in [0.15, 0.2) is 0 Å². The summed E-state index contributed by atoms with van der Waals surface area (Å²) in [6, 6.07) is 64.3. The van der Waals surface area contributed by atoms with E-state index in [1.807, 2.05) is 91.9 Å². The highest BCUT2D eigenvalue weighted by molar-refractivity contribution is 7.93. The maximum absolute atomic E-state index is 13.2. The molecule has 0 radical (unpaired) electrons. The van der Waals surface area contributed by atoms with Gasteiger partial charge in [0, 0.05) is 11.5 Å². The number of carbonyl (C=O) groups is 3. The Morgan fingerprint density at radius 1 is 0.374 bits per heavy atom. The van der Waals surface area contributed by atoms with E-state index in [0.29, 0.717) is 72.3 Å². The fraction of sp³-hybridized carbons (Fsp3) is 0.141. The molecule has 0 bridgehead atoms. The molecule has 0 unspecified atom stereocenters. The largest absolute Gasteiger partial charge is 0.497 e. The van der Waals surface area contributed by atoms with E-state index < -0.39 is 48.0 Å². The van der Waals surface area contributed by atoms with Gasteiger partial charge in [0.25, 0.3) is 30.1 Å². The smallest absolute Gasteiger partial charge is 0.335 e. The van der Waals surface area contributed by atoms with Crippen LogP contribution in [0, 0.1) is 13.8 Å². The first-order chi connectivity index (χ1) is 43.5. The van der Waals surface area contributed by atoms with Crippen LogP contribution in [0.15, 0.2) is 239 Å². The maximum atomic E-state index is 13.2. The Balaban J connectivity index is 0.000000176. The number of benzene rings is 10. The minimum absolute atomic E-state index is 0.0293. The molecule has 468 valence electrons. The van der Waals surface area contributed by atoms with Crippen LogP contribution in [0.3, 0.4) is 0 Å². The predicted octanol–water partition coefficient (Wildman–Crippen LogP) is 13.7. The molecule has 20 heteroatoms. The minimum atomic E-state index is -3.94. The van der Waals surface area contributed by atoms with Crippen LogP contribution in [0.5, 0.6) is 11.5 Å². The van der Waals surface area contributed by atoms with Crippen LogP contribution in [0.1, 0.15) is 75.6 Å². The number of sulfonamides is 3. The third kappa shape index (κ3) is 18.0. The van der Waals surface area contributed by atoms with Gasteiger partial charge in [0.1, 0.15) is 16.4 Å². The molecule has 0 spiro atoms. The Labute approximate surface area is 529 Å². The zero-order valence-electron chi connectivity index (χ0n) is 50.2. The van der Waals surface area contributed by atoms with Crippen molar-refractivity contribution in [3.63, 3.8) is 0 Å². The fourth-order valence-corrected chi connectivity index (χ4v) is 14.0. The number of ether oxygens (including phenoxy) is 2. The predicted molar refractivity (Wildman–Crippen MR) is 354 cm³/mol. The van der Waals surface area contributed by atoms with Gasteiger partial charge in [-0.25, -0.2) is 39.6 Å². The maximum Gasteiger partial charge on any atom is 0.335 e. The van der Waals surface area contributed by atoms with Crippen molar-refractivity contribution in [1.82, 2.24) is 0 Å². The van der Waals surface area contributed by atoms with Gasteiger partial charge in [-0.1, -0.05) is 145 Å². The van der Waals surface area contributed by atoms with E-state index in [1.165, 1.54) is 32.4 Å². The van der Waals surface area contributed by atoms with Crippen molar-refractivity contribution in [1.29, 1.82) is 0 Å². The van der Waals surface area contributed by atoms with E-state index in [0.717, 1.165) is 44.3 Å². The second kappa shape index (κ2) is 30.3. The number of aromatic carboxylic acids is 3. The van der Waals surface area contributed by atoms with E-state index in [9.17, 15) is 44.7 Å². The average molecular weight is 1280 g/mol.